The van der Waals surface area contributed by atoms with E-state index in [0.29, 0.717) is 25.7 Å². The fraction of sp³-hybridized carbons (Fsp3) is 1.00. The van der Waals surface area contributed by atoms with Gasteiger partial charge in [0.1, 0.15) is 24.4 Å². The molecular weight excluding hydrogens is 704 g/mol. The minimum Gasteiger partial charge on any atom is -0.390 e. The van der Waals surface area contributed by atoms with Crippen molar-refractivity contribution in [2.45, 2.75) is 228 Å². The highest BCUT2D eigenvalue weighted by Gasteiger charge is 2.46. The molecule has 0 aromatic rings. The van der Waals surface area contributed by atoms with E-state index in [0.717, 1.165) is 0 Å². The Balaban J connectivity index is 0.930. The van der Waals surface area contributed by atoms with Gasteiger partial charge in [-0.1, -0.05) is 0 Å². The molecule has 0 spiro atoms. The first-order valence-electron chi connectivity index (χ1n) is 19.4. The number of rotatable bonds is 10. The lowest BCUT2D eigenvalue weighted by molar-refractivity contribution is -0.342. The zero-order valence-corrected chi connectivity index (χ0v) is 31.5. The molecule has 0 aromatic heterocycles. The highest BCUT2D eigenvalue weighted by Crippen LogP contribution is 2.35. The van der Waals surface area contributed by atoms with Crippen LogP contribution in [0.2, 0.25) is 0 Å². The highest BCUT2D eigenvalue weighted by atomic mass is 16.8. The van der Waals surface area contributed by atoms with Crippen molar-refractivity contribution in [3.8, 4) is 0 Å². The summed E-state index contributed by atoms with van der Waals surface area (Å²) in [6.45, 7) is 10.7. The predicted molar refractivity (Wildman–Crippen MR) is 180 cm³/mol. The summed E-state index contributed by atoms with van der Waals surface area (Å²) >= 11 is 0. The van der Waals surface area contributed by atoms with Crippen LogP contribution >= 0.6 is 0 Å². The van der Waals surface area contributed by atoms with Gasteiger partial charge in [0.2, 0.25) is 0 Å². The van der Waals surface area contributed by atoms with Gasteiger partial charge in [0.15, 0.2) is 37.7 Å². The van der Waals surface area contributed by atoms with Crippen molar-refractivity contribution in [1.29, 1.82) is 0 Å². The molecule has 6 aliphatic rings. The van der Waals surface area contributed by atoms with Crippen LogP contribution in [-0.4, -0.2) is 166 Å². The second-order valence-corrected chi connectivity index (χ2v) is 15.7. The molecule has 6 fully saturated rings. The zero-order chi connectivity index (χ0) is 38.1. The monoisotopic (exact) mass is 766 g/mol. The smallest absolute Gasteiger partial charge is 0.161 e. The Kier molecular flexibility index (Phi) is 14.5. The van der Waals surface area contributed by atoms with E-state index >= 15 is 0 Å². The third-order valence-electron chi connectivity index (χ3n) is 11.4. The summed E-state index contributed by atoms with van der Waals surface area (Å²) in [5.74, 6) is 0. The van der Waals surface area contributed by atoms with E-state index in [9.17, 15) is 30.6 Å². The van der Waals surface area contributed by atoms with Crippen LogP contribution in [0, 0.1) is 0 Å². The lowest BCUT2D eigenvalue weighted by Gasteiger charge is -2.45. The molecule has 0 unspecified atom stereocenters. The van der Waals surface area contributed by atoms with Crippen LogP contribution in [0.3, 0.4) is 0 Å². The molecule has 6 saturated heterocycles. The number of ether oxygens (including phenoxy) is 11. The first kappa shape index (κ1) is 41.9. The Morgan fingerprint density at radius 2 is 0.792 bits per heavy atom. The van der Waals surface area contributed by atoms with E-state index in [1.54, 1.807) is 34.6 Å². The van der Waals surface area contributed by atoms with E-state index in [1.165, 1.54) is 0 Å². The lowest BCUT2D eigenvalue weighted by Crippen LogP contribution is -2.56. The summed E-state index contributed by atoms with van der Waals surface area (Å²) in [5.41, 5.74) is 0. The van der Waals surface area contributed by atoms with Gasteiger partial charge in [0, 0.05) is 38.5 Å². The number of hydrogen-bond acceptors (Lipinski definition) is 17. The van der Waals surface area contributed by atoms with Crippen molar-refractivity contribution < 1.29 is 82.7 Å². The molecule has 0 aromatic carbocycles. The number of hydrogen-bond donors (Lipinski definition) is 6. The van der Waals surface area contributed by atoms with E-state index in [1.807, 2.05) is 6.92 Å². The van der Waals surface area contributed by atoms with Gasteiger partial charge < -0.3 is 82.7 Å². The van der Waals surface area contributed by atoms with Gasteiger partial charge in [-0.05, 0) is 54.4 Å². The summed E-state index contributed by atoms with van der Waals surface area (Å²) in [6, 6.07) is 0. The van der Waals surface area contributed by atoms with Gasteiger partial charge in [-0.2, -0.15) is 0 Å². The molecule has 308 valence electrons. The maximum Gasteiger partial charge on any atom is 0.161 e. The molecule has 17 nitrogen and oxygen atoms in total. The fourth-order valence-corrected chi connectivity index (χ4v) is 8.24. The van der Waals surface area contributed by atoms with Gasteiger partial charge in [-0.25, -0.2) is 0 Å². The molecule has 6 aliphatic heterocycles. The second-order valence-electron chi connectivity index (χ2n) is 15.7. The molecule has 0 aliphatic carbocycles. The van der Waals surface area contributed by atoms with E-state index in [4.69, 9.17) is 52.1 Å². The topological polar surface area (TPSA) is 223 Å². The predicted octanol–water partition coefficient (Wildman–Crippen LogP) is 0.299. The first-order chi connectivity index (χ1) is 25.1. The Hall–Kier alpha value is -0.680. The zero-order valence-electron chi connectivity index (χ0n) is 31.5. The van der Waals surface area contributed by atoms with Crippen LogP contribution in [0.1, 0.15) is 92.9 Å². The fourth-order valence-electron chi connectivity index (χ4n) is 8.24. The SMILES string of the molecule is C[C@@H]1O[C@@H](O[C@H]2[C@H](O)C[C@H](O[C@H]3[C@H](O)C[C@H](O)O[C@@H]3C)O[C@@H]2C)CC[C@@H]1O[C@H]1C[C@@H](O)[C@H](O[C@H]2C[C@@H](O[C@H]3CC[C@H](O)[C@H](C)O3)[C@H](O)[C@@H](C)O2)[C@@H](C)O1. The van der Waals surface area contributed by atoms with Crippen molar-refractivity contribution in [3.63, 3.8) is 0 Å². The van der Waals surface area contributed by atoms with Crippen LogP contribution < -0.4 is 0 Å². The third-order valence-corrected chi connectivity index (χ3v) is 11.4. The molecule has 17 heteroatoms. The van der Waals surface area contributed by atoms with Gasteiger partial charge in [-0.3, -0.25) is 0 Å². The Morgan fingerprint density at radius 3 is 1.36 bits per heavy atom. The maximum atomic E-state index is 11.2. The summed E-state index contributed by atoms with van der Waals surface area (Å²) in [7, 11) is 0. The normalized spacial score (nSPS) is 53.0. The summed E-state index contributed by atoms with van der Waals surface area (Å²) in [6.07, 6.45) is -12.1. The van der Waals surface area contributed by atoms with Crippen molar-refractivity contribution in [3.05, 3.63) is 0 Å². The standard InChI is InChI=1S/C36H62O17/c1-15-21(37)7-9-28(44-15)50-26-14-32(46-17(3)33(26)42)53-36-20(6)47-30(12-23(36)39)49-25-8-10-29(45-16(25)2)51-35-19(5)48-31(13-24(35)40)52-34-18(4)43-27(41)11-22(34)38/h15-42H,7-14H2,1-6H3/t15-,16-,17+,18+,19+,20+,21-,22+,23+,24+,25-,26+,27+,28-,29-,30-,31-,32-,33+,34+,35+,36+/m0/s1. The summed E-state index contributed by atoms with van der Waals surface area (Å²) < 4.78 is 66.2. The number of aliphatic hydroxyl groups is 6. The Bertz CT molecular complexity index is 1100. The molecule has 0 saturated carbocycles. The van der Waals surface area contributed by atoms with Crippen molar-refractivity contribution in [2.24, 2.45) is 0 Å². The van der Waals surface area contributed by atoms with Crippen molar-refractivity contribution in [1.82, 2.24) is 0 Å². The van der Waals surface area contributed by atoms with E-state index in [-0.39, 0.29) is 44.0 Å². The quantitative estimate of drug-likeness (QED) is 0.176. The van der Waals surface area contributed by atoms with E-state index < -0.39 is 117 Å². The van der Waals surface area contributed by atoms with Crippen LogP contribution in [0.5, 0.6) is 0 Å². The average Bonchev–Trinajstić information content (AvgIpc) is 3.07. The molecule has 53 heavy (non-hydrogen) atoms. The van der Waals surface area contributed by atoms with Crippen molar-refractivity contribution >= 4 is 0 Å². The summed E-state index contributed by atoms with van der Waals surface area (Å²) in [5, 5.41) is 63.0. The molecule has 6 heterocycles. The molecule has 22 atom stereocenters. The molecule has 0 radical (unpaired) electrons. The molecular formula is C36H62O17. The Morgan fingerprint density at radius 1 is 0.358 bits per heavy atom. The largest absolute Gasteiger partial charge is 0.390 e. The van der Waals surface area contributed by atoms with Crippen LogP contribution in [0.15, 0.2) is 0 Å². The summed E-state index contributed by atoms with van der Waals surface area (Å²) in [4.78, 5) is 0. The lowest BCUT2D eigenvalue weighted by atomic mass is 9.99. The molecule has 6 N–H and O–H groups in total. The maximum absolute atomic E-state index is 11.2. The molecule has 6 rings (SSSR count). The highest BCUT2D eigenvalue weighted by molar-refractivity contribution is 4.89. The molecule has 0 amide bonds. The van der Waals surface area contributed by atoms with Crippen LogP contribution in [-0.2, 0) is 52.1 Å². The van der Waals surface area contributed by atoms with Gasteiger partial charge >= 0.3 is 0 Å². The molecule has 0 bridgehead atoms. The second kappa shape index (κ2) is 18.3. The van der Waals surface area contributed by atoms with Gasteiger partial charge in [0.25, 0.3) is 0 Å². The van der Waals surface area contributed by atoms with Crippen LogP contribution in [0.25, 0.3) is 0 Å². The minimum atomic E-state index is -1.06. The van der Waals surface area contributed by atoms with Crippen molar-refractivity contribution in [2.75, 3.05) is 0 Å². The van der Waals surface area contributed by atoms with E-state index in [2.05, 4.69) is 0 Å². The first-order valence-corrected chi connectivity index (χ1v) is 19.4. The number of aliphatic hydroxyl groups excluding tert-OH is 6. The van der Waals surface area contributed by atoms with Gasteiger partial charge in [-0.15, -0.1) is 0 Å². The Labute approximate surface area is 310 Å². The third kappa shape index (κ3) is 10.4. The average molecular weight is 767 g/mol. The minimum absolute atomic E-state index is 0.0260. The van der Waals surface area contributed by atoms with Crippen LogP contribution in [0.4, 0.5) is 0 Å². The van der Waals surface area contributed by atoms with Gasteiger partial charge in [0.05, 0.1) is 73.2 Å².